The minimum absolute atomic E-state index is 0.278. The Hall–Kier alpha value is -2.35. The zero-order valence-electron chi connectivity index (χ0n) is 12.0. The fourth-order valence-electron chi connectivity index (χ4n) is 2.49. The maximum atomic E-state index is 10.9. The average molecular weight is 272 g/mol. The summed E-state index contributed by atoms with van der Waals surface area (Å²) in [7, 11) is 0. The van der Waals surface area contributed by atoms with Gasteiger partial charge in [-0.15, -0.1) is 0 Å². The van der Waals surface area contributed by atoms with Gasteiger partial charge in [-0.3, -0.25) is 4.79 Å². The van der Waals surface area contributed by atoms with Gasteiger partial charge in [-0.2, -0.15) is 5.26 Å². The van der Waals surface area contributed by atoms with Gasteiger partial charge in [0, 0.05) is 19.9 Å². The topological polar surface area (TPSA) is 58.9 Å². The van der Waals surface area contributed by atoms with E-state index in [9.17, 15) is 4.79 Å². The molecule has 0 fully saturated rings. The predicted octanol–water partition coefficient (Wildman–Crippen LogP) is 1.69. The lowest BCUT2D eigenvalue weighted by molar-refractivity contribution is -0.675. The Balaban J connectivity index is 2.48. The first-order valence-corrected chi connectivity index (χ1v) is 6.64. The van der Waals surface area contributed by atoms with E-state index in [1.807, 2.05) is 25.1 Å². The molecule has 0 saturated heterocycles. The number of imidazole rings is 1. The Bertz CT molecular complexity index is 695. The summed E-state index contributed by atoms with van der Waals surface area (Å²) in [5.74, 6) is 0.810. The Labute approximate surface area is 118 Å². The summed E-state index contributed by atoms with van der Waals surface area (Å²) in [5, 5.41) is 9.03. The monoisotopic (exact) mass is 272 g/mol. The third-order valence-electron chi connectivity index (χ3n) is 3.40. The molecule has 104 valence electrons. The lowest BCUT2D eigenvalue weighted by Crippen LogP contribution is -2.35. The van der Waals surface area contributed by atoms with Crippen molar-refractivity contribution in [3.8, 4) is 6.07 Å². The first kappa shape index (κ1) is 14.1. The Morgan fingerprint density at radius 3 is 2.85 bits per heavy atom. The Morgan fingerprint density at radius 2 is 2.25 bits per heavy atom. The highest BCUT2D eigenvalue weighted by Crippen LogP contribution is 2.16. The number of ether oxygens (including phenoxy) is 1. The van der Waals surface area contributed by atoms with Gasteiger partial charge in [-0.05, 0) is 19.1 Å². The minimum Gasteiger partial charge on any atom is -0.462 e. The molecule has 0 aliphatic carbocycles. The number of nitrogens with zero attached hydrogens (tertiary/aromatic N) is 3. The van der Waals surface area contributed by atoms with Crippen molar-refractivity contribution in [1.29, 1.82) is 5.26 Å². The number of hydrogen-bond donors (Lipinski definition) is 0. The lowest BCUT2D eigenvalue weighted by Gasteiger charge is -2.01. The lowest BCUT2D eigenvalue weighted by atomic mass is 10.2. The molecular formula is C15H18N3O2+. The molecule has 0 amide bonds. The first-order valence-electron chi connectivity index (χ1n) is 6.64. The van der Waals surface area contributed by atoms with Gasteiger partial charge in [0.2, 0.25) is 0 Å². The van der Waals surface area contributed by atoms with Crippen molar-refractivity contribution in [3.63, 3.8) is 0 Å². The molecule has 1 heterocycles. The largest absolute Gasteiger partial charge is 0.462 e. The van der Waals surface area contributed by atoms with Crippen LogP contribution in [0.25, 0.3) is 11.0 Å². The van der Waals surface area contributed by atoms with Crippen molar-refractivity contribution in [1.82, 2.24) is 4.57 Å². The van der Waals surface area contributed by atoms with Crippen LogP contribution < -0.4 is 4.57 Å². The van der Waals surface area contributed by atoms with Crippen LogP contribution in [-0.4, -0.2) is 17.1 Å². The van der Waals surface area contributed by atoms with Gasteiger partial charge in [0.25, 0.3) is 5.82 Å². The summed E-state index contributed by atoms with van der Waals surface area (Å²) < 4.78 is 9.29. The fourth-order valence-corrected chi connectivity index (χ4v) is 2.49. The summed E-state index contributed by atoms with van der Waals surface area (Å²) in [6, 6.07) is 7.83. The molecule has 0 unspecified atom stereocenters. The van der Waals surface area contributed by atoms with Gasteiger partial charge >= 0.3 is 5.97 Å². The number of benzene rings is 1. The molecule has 20 heavy (non-hydrogen) atoms. The normalized spacial score (nSPS) is 10.5. The van der Waals surface area contributed by atoms with E-state index in [2.05, 4.69) is 22.1 Å². The van der Waals surface area contributed by atoms with Crippen LogP contribution in [-0.2, 0) is 22.6 Å². The summed E-state index contributed by atoms with van der Waals surface area (Å²) >= 11 is 0. The van der Waals surface area contributed by atoms with Gasteiger partial charge in [0.15, 0.2) is 11.0 Å². The van der Waals surface area contributed by atoms with Crippen LogP contribution >= 0.6 is 0 Å². The molecule has 1 aromatic heterocycles. The van der Waals surface area contributed by atoms with E-state index < -0.39 is 0 Å². The summed E-state index contributed by atoms with van der Waals surface area (Å²) in [6.07, 6.45) is 0. The molecule has 0 aliphatic rings. The van der Waals surface area contributed by atoms with Crippen molar-refractivity contribution in [2.75, 3.05) is 6.61 Å². The second kappa shape index (κ2) is 5.74. The molecular weight excluding hydrogens is 254 g/mol. The van der Waals surface area contributed by atoms with Crippen LogP contribution in [0.5, 0.6) is 0 Å². The van der Waals surface area contributed by atoms with Crippen LogP contribution in [0.15, 0.2) is 18.2 Å². The molecule has 2 aromatic rings. The third kappa shape index (κ3) is 2.50. The zero-order chi connectivity index (χ0) is 14.7. The maximum absolute atomic E-state index is 10.9. The first-order chi connectivity index (χ1) is 9.58. The smallest absolute Gasteiger partial charge is 0.302 e. The molecule has 0 saturated carbocycles. The number of fused-ring (bicyclic) bond motifs is 1. The van der Waals surface area contributed by atoms with Crippen molar-refractivity contribution < 1.29 is 14.1 Å². The van der Waals surface area contributed by atoms with E-state index >= 15 is 0 Å². The molecule has 2 rings (SSSR count). The summed E-state index contributed by atoms with van der Waals surface area (Å²) in [5.41, 5.74) is 2.72. The maximum Gasteiger partial charge on any atom is 0.302 e. The molecule has 1 aromatic carbocycles. The molecule has 5 nitrogen and oxygen atoms in total. The van der Waals surface area contributed by atoms with Gasteiger partial charge < -0.3 is 4.74 Å². The van der Waals surface area contributed by atoms with Crippen molar-refractivity contribution in [2.24, 2.45) is 0 Å². The van der Waals surface area contributed by atoms with Crippen LogP contribution in [0.3, 0.4) is 0 Å². The molecule has 0 spiro atoms. The van der Waals surface area contributed by atoms with Gasteiger partial charge in [0.1, 0.15) is 13.2 Å². The average Bonchev–Trinajstić information content (AvgIpc) is 2.70. The van der Waals surface area contributed by atoms with Crippen molar-refractivity contribution in [2.45, 2.75) is 33.9 Å². The van der Waals surface area contributed by atoms with Crippen LogP contribution in [0.1, 0.15) is 25.2 Å². The van der Waals surface area contributed by atoms with E-state index in [1.165, 1.54) is 6.92 Å². The molecule has 0 N–H and O–H groups in total. The van der Waals surface area contributed by atoms with Gasteiger partial charge in [0.05, 0.1) is 18.2 Å². The molecule has 0 radical (unpaired) electrons. The molecule has 0 atom stereocenters. The third-order valence-corrected chi connectivity index (χ3v) is 3.40. The number of esters is 1. The fraction of sp³-hybridized carbons (Fsp3) is 0.400. The second-order valence-corrected chi connectivity index (χ2v) is 4.60. The quantitative estimate of drug-likeness (QED) is 0.628. The summed E-state index contributed by atoms with van der Waals surface area (Å²) in [6.45, 7) is 7.30. The minimum atomic E-state index is -0.278. The Kier molecular flexibility index (Phi) is 4.04. The summed E-state index contributed by atoms with van der Waals surface area (Å²) in [4.78, 5) is 10.9. The number of aromatic nitrogens is 2. The Morgan fingerprint density at radius 1 is 1.50 bits per heavy atom. The number of hydrogen-bond acceptors (Lipinski definition) is 3. The number of carbonyl (C=O) groups excluding carboxylic acids is 1. The van der Waals surface area contributed by atoms with Crippen molar-refractivity contribution >= 4 is 17.0 Å². The second-order valence-electron chi connectivity index (χ2n) is 4.60. The van der Waals surface area contributed by atoms with E-state index in [0.29, 0.717) is 18.7 Å². The van der Waals surface area contributed by atoms with Crippen LogP contribution in [0.4, 0.5) is 0 Å². The zero-order valence-corrected chi connectivity index (χ0v) is 12.0. The van der Waals surface area contributed by atoms with Gasteiger partial charge in [-0.1, -0.05) is 0 Å². The number of rotatable bonds is 4. The van der Waals surface area contributed by atoms with E-state index in [1.54, 1.807) is 0 Å². The van der Waals surface area contributed by atoms with E-state index in [4.69, 9.17) is 10.00 Å². The van der Waals surface area contributed by atoms with Gasteiger partial charge in [-0.25, -0.2) is 9.13 Å². The number of carbonyl (C=O) groups is 1. The van der Waals surface area contributed by atoms with Crippen LogP contribution in [0.2, 0.25) is 0 Å². The SMILES string of the molecule is CC[n+]1c(C)n(CCOC(C)=O)c2cc(C#N)ccc21. The number of aryl methyl sites for hydroxylation is 1. The van der Waals surface area contributed by atoms with E-state index in [0.717, 1.165) is 23.4 Å². The van der Waals surface area contributed by atoms with E-state index in [-0.39, 0.29) is 5.97 Å². The highest BCUT2D eigenvalue weighted by Gasteiger charge is 2.20. The molecule has 5 heteroatoms. The van der Waals surface area contributed by atoms with Crippen molar-refractivity contribution in [3.05, 3.63) is 29.6 Å². The standard InChI is InChI=1S/C15H18N3O2/c1-4-17-11(2)18(7-8-20-12(3)19)15-9-13(10-16)5-6-14(15)17/h5-6,9H,4,7-8H2,1-3H3/q+1. The molecule has 0 aliphatic heterocycles. The van der Waals surface area contributed by atoms with Crippen LogP contribution in [0, 0.1) is 18.3 Å². The predicted molar refractivity (Wildman–Crippen MR) is 73.9 cm³/mol. The highest BCUT2D eigenvalue weighted by molar-refractivity contribution is 5.74. The highest BCUT2D eigenvalue weighted by atomic mass is 16.5. The number of nitriles is 1. The molecule has 0 bridgehead atoms.